The first-order valence-corrected chi connectivity index (χ1v) is 7.63. The van der Waals surface area contributed by atoms with E-state index in [9.17, 15) is 0 Å². The maximum absolute atomic E-state index is 4.73. The number of rotatable bonds is 4. The third-order valence-corrected chi connectivity index (χ3v) is 4.10. The van der Waals surface area contributed by atoms with Crippen LogP contribution in [0.1, 0.15) is 31.4 Å². The molecule has 0 atom stereocenters. The van der Waals surface area contributed by atoms with Crippen LogP contribution in [0.2, 0.25) is 0 Å². The van der Waals surface area contributed by atoms with Crippen molar-refractivity contribution in [1.29, 1.82) is 0 Å². The molecule has 0 saturated carbocycles. The lowest BCUT2D eigenvalue weighted by Crippen LogP contribution is -2.43. The van der Waals surface area contributed by atoms with Gasteiger partial charge in [0.1, 0.15) is 0 Å². The number of piperazine rings is 1. The van der Waals surface area contributed by atoms with Gasteiger partial charge in [-0.15, -0.1) is 0 Å². The first kappa shape index (κ1) is 15.2. The van der Waals surface area contributed by atoms with Crippen LogP contribution in [-0.2, 0) is 6.54 Å². The van der Waals surface area contributed by atoms with Gasteiger partial charge in [-0.3, -0.25) is 9.89 Å². The third-order valence-electron chi connectivity index (χ3n) is 4.10. The fraction of sp³-hybridized carbons (Fsp3) is 0.588. The van der Waals surface area contributed by atoms with Crippen molar-refractivity contribution in [3.05, 3.63) is 29.3 Å². The summed E-state index contributed by atoms with van der Waals surface area (Å²) in [7, 11) is 2.20. The average molecular weight is 273 g/mol. The van der Waals surface area contributed by atoms with Gasteiger partial charge in [0.25, 0.3) is 0 Å². The average Bonchev–Trinajstić information content (AvgIpc) is 2.45. The van der Waals surface area contributed by atoms with Crippen molar-refractivity contribution in [2.75, 3.05) is 33.2 Å². The number of aliphatic imine (C=N–C) groups is 1. The second-order valence-electron chi connectivity index (χ2n) is 5.90. The van der Waals surface area contributed by atoms with Crippen molar-refractivity contribution in [2.24, 2.45) is 4.99 Å². The Morgan fingerprint density at radius 2 is 1.90 bits per heavy atom. The number of hydrogen-bond acceptors (Lipinski definition) is 3. The highest BCUT2D eigenvalue weighted by Gasteiger charge is 2.14. The van der Waals surface area contributed by atoms with Crippen molar-refractivity contribution in [3.8, 4) is 0 Å². The van der Waals surface area contributed by atoms with Crippen molar-refractivity contribution in [2.45, 2.75) is 33.7 Å². The highest BCUT2D eigenvalue weighted by Crippen LogP contribution is 2.22. The summed E-state index contributed by atoms with van der Waals surface area (Å²) in [5.41, 5.74) is 4.98. The van der Waals surface area contributed by atoms with Crippen LogP contribution in [0.3, 0.4) is 0 Å². The van der Waals surface area contributed by atoms with Gasteiger partial charge in [-0.25, -0.2) is 0 Å². The van der Waals surface area contributed by atoms with E-state index in [1.54, 1.807) is 0 Å². The maximum Gasteiger partial charge on any atom is 0.0661 e. The topological polar surface area (TPSA) is 18.8 Å². The summed E-state index contributed by atoms with van der Waals surface area (Å²) in [4.78, 5) is 9.66. The second kappa shape index (κ2) is 7.00. The molecule has 1 aromatic rings. The second-order valence-corrected chi connectivity index (χ2v) is 5.90. The molecular formula is C17H27N3. The Kier molecular flexibility index (Phi) is 5.32. The van der Waals surface area contributed by atoms with Crippen LogP contribution in [-0.4, -0.2) is 48.7 Å². The molecule has 0 amide bonds. The molecule has 1 aromatic carbocycles. The molecule has 1 aliphatic heterocycles. The molecule has 3 nitrogen and oxygen atoms in total. The van der Waals surface area contributed by atoms with Crippen molar-refractivity contribution < 1.29 is 0 Å². The molecule has 1 saturated heterocycles. The number of hydrogen-bond donors (Lipinski definition) is 0. The first-order valence-electron chi connectivity index (χ1n) is 7.63. The highest BCUT2D eigenvalue weighted by molar-refractivity contribution is 5.84. The van der Waals surface area contributed by atoms with E-state index in [2.05, 4.69) is 55.8 Å². The minimum Gasteiger partial charge on any atom is -0.304 e. The van der Waals surface area contributed by atoms with Gasteiger partial charge < -0.3 is 4.90 Å². The fourth-order valence-electron chi connectivity index (χ4n) is 2.42. The Balaban J connectivity index is 2.07. The van der Waals surface area contributed by atoms with Crippen LogP contribution in [0.4, 0.5) is 5.69 Å². The zero-order valence-corrected chi connectivity index (χ0v) is 13.3. The molecule has 0 N–H and O–H groups in total. The highest BCUT2D eigenvalue weighted by atomic mass is 15.2. The predicted molar refractivity (Wildman–Crippen MR) is 87.0 cm³/mol. The quantitative estimate of drug-likeness (QED) is 0.784. The standard InChI is InChI=1S/C17H27N3/c1-5-15(3)18-17-12-16(7-6-14(17)2)13-20-10-8-19(4)9-11-20/h6-7,12H,5,8-11,13H2,1-4H3. The Bertz CT molecular complexity index is 471. The molecule has 0 bridgehead atoms. The molecule has 110 valence electrons. The van der Waals surface area contributed by atoms with E-state index in [1.165, 1.54) is 29.9 Å². The SMILES string of the molecule is CCC(C)=Nc1cc(CN2CCN(C)CC2)ccc1C. The van der Waals surface area contributed by atoms with Crippen molar-refractivity contribution >= 4 is 11.4 Å². The van der Waals surface area contributed by atoms with Gasteiger partial charge in [0, 0.05) is 38.4 Å². The summed E-state index contributed by atoms with van der Waals surface area (Å²) in [6.45, 7) is 12.1. The fourth-order valence-corrected chi connectivity index (χ4v) is 2.42. The van der Waals surface area contributed by atoms with E-state index < -0.39 is 0 Å². The minimum atomic E-state index is 1.02. The summed E-state index contributed by atoms with van der Waals surface area (Å²) in [5.74, 6) is 0. The van der Waals surface area contributed by atoms with Crippen molar-refractivity contribution in [1.82, 2.24) is 9.80 Å². The Morgan fingerprint density at radius 1 is 1.20 bits per heavy atom. The summed E-state index contributed by atoms with van der Waals surface area (Å²) >= 11 is 0. The Labute approximate surface area is 123 Å². The zero-order valence-electron chi connectivity index (χ0n) is 13.3. The molecule has 1 aliphatic rings. The Hall–Kier alpha value is -1.19. The summed E-state index contributed by atoms with van der Waals surface area (Å²) in [5, 5.41) is 0. The smallest absolute Gasteiger partial charge is 0.0661 e. The molecule has 0 unspecified atom stereocenters. The first-order chi connectivity index (χ1) is 9.58. The van der Waals surface area contributed by atoms with Crippen LogP contribution >= 0.6 is 0 Å². The molecular weight excluding hydrogens is 246 g/mol. The zero-order chi connectivity index (χ0) is 14.5. The molecule has 1 fully saturated rings. The van der Waals surface area contributed by atoms with E-state index in [4.69, 9.17) is 4.99 Å². The number of likely N-dealkylation sites (N-methyl/N-ethyl adjacent to an activating group) is 1. The monoisotopic (exact) mass is 273 g/mol. The summed E-state index contributed by atoms with van der Waals surface area (Å²) in [6.07, 6.45) is 1.02. The van der Waals surface area contributed by atoms with Crippen LogP contribution < -0.4 is 0 Å². The van der Waals surface area contributed by atoms with E-state index in [-0.39, 0.29) is 0 Å². The number of benzene rings is 1. The molecule has 1 heterocycles. The molecule has 20 heavy (non-hydrogen) atoms. The Morgan fingerprint density at radius 3 is 2.55 bits per heavy atom. The molecule has 2 rings (SSSR count). The van der Waals surface area contributed by atoms with E-state index in [1.807, 2.05) is 0 Å². The number of aryl methyl sites for hydroxylation is 1. The molecule has 3 heteroatoms. The molecule has 0 aromatic heterocycles. The van der Waals surface area contributed by atoms with Gasteiger partial charge in [0.15, 0.2) is 0 Å². The summed E-state index contributed by atoms with van der Waals surface area (Å²) < 4.78 is 0. The van der Waals surface area contributed by atoms with Gasteiger partial charge in [-0.2, -0.15) is 0 Å². The summed E-state index contributed by atoms with van der Waals surface area (Å²) in [6, 6.07) is 6.70. The van der Waals surface area contributed by atoms with E-state index >= 15 is 0 Å². The third kappa shape index (κ3) is 4.15. The number of nitrogens with zero attached hydrogens (tertiary/aromatic N) is 3. The van der Waals surface area contributed by atoms with Crippen LogP contribution in [0.5, 0.6) is 0 Å². The van der Waals surface area contributed by atoms with Gasteiger partial charge in [0.05, 0.1) is 5.69 Å². The lowest BCUT2D eigenvalue weighted by Gasteiger charge is -2.32. The minimum absolute atomic E-state index is 1.02. The van der Waals surface area contributed by atoms with Crippen LogP contribution in [0.15, 0.2) is 23.2 Å². The van der Waals surface area contributed by atoms with Gasteiger partial charge in [0.2, 0.25) is 0 Å². The van der Waals surface area contributed by atoms with Crippen molar-refractivity contribution in [3.63, 3.8) is 0 Å². The largest absolute Gasteiger partial charge is 0.304 e. The normalized spacial score (nSPS) is 18.5. The lowest BCUT2D eigenvalue weighted by atomic mass is 10.1. The lowest BCUT2D eigenvalue weighted by molar-refractivity contribution is 0.148. The molecule has 0 radical (unpaired) electrons. The molecule has 0 aliphatic carbocycles. The maximum atomic E-state index is 4.73. The van der Waals surface area contributed by atoms with Gasteiger partial charge >= 0.3 is 0 Å². The predicted octanol–water partition coefficient (Wildman–Crippen LogP) is 3.24. The van der Waals surface area contributed by atoms with Gasteiger partial charge in [-0.05, 0) is 44.5 Å². The molecule has 0 spiro atoms. The van der Waals surface area contributed by atoms with Crippen LogP contribution in [0.25, 0.3) is 0 Å². The van der Waals surface area contributed by atoms with Gasteiger partial charge in [-0.1, -0.05) is 19.1 Å². The van der Waals surface area contributed by atoms with E-state index in [0.29, 0.717) is 0 Å². The van der Waals surface area contributed by atoms with E-state index in [0.717, 1.165) is 31.7 Å². The van der Waals surface area contributed by atoms with Crippen LogP contribution in [0, 0.1) is 6.92 Å².